The van der Waals surface area contributed by atoms with Crippen LogP contribution in [0.2, 0.25) is 0 Å². The Morgan fingerprint density at radius 3 is 2.34 bits per heavy atom. The number of halogens is 1. The molecule has 0 radical (unpaired) electrons. The summed E-state index contributed by atoms with van der Waals surface area (Å²) in [5.41, 5.74) is 8.13. The highest BCUT2D eigenvalue weighted by Crippen LogP contribution is 2.43. The Morgan fingerprint density at radius 2 is 1.69 bits per heavy atom. The van der Waals surface area contributed by atoms with Crippen molar-refractivity contribution in [1.82, 2.24) is 4.98 Å². The summed E-state index contributed by atoms with van der Waals surface area (Å²) in [6.07, 6.45) is 1.61. The minimum absolute atomic E-state index is 0.336. The molecule has 4 rings (SSSR count). The summed E-state index contributed by atoms with van der Waals surface area (Å²) in [5, 5.41) is 0. The van der Waals surface area contributed by atoms with Gasteiger partial charge < -0.3 is 29.1 Å². The average Bonchev–Trinajstić information content (AvgIpc) is 3.27. The number of fused-ring (bicyclic) bond motifs is 1. The molecule has 2 heterocycles. The maximum Gasteiger partial charge on any atom is 0.203 e. The van der Waals surface area contributed by atoms with Gasteiger partial charge in [0.25, 0.3) is 0 Å². The van der Waals surface area contributed by atoms with E-state index in [1.165, 1.54) is 13.2 Å². The molecule has 0 aliphatic heterocycles. The van der Waals surface area contributed by atoms with Gasteiger partial charge in [-0.3, -0.25) is 4.98 Å². The number of hydrogen-bond donors (Lipinski definition) is 1. The van der Waals surface area contributed by atoms with E-state index in [2.05, 4.69) is 4.98 Å². The molecule has 8 heteroatoms. The van der Waals surface area contributed by atoms with Gasteiger partial charge in [-0.05, 0) is 36.4 Å². The Kier molecular flexibility index (Phi) is 6.13. The van der Waals surface area contributed by atoms with Crippen molar-refractivity contribution in [2.45, 2.75) is 0 Å². The first-order chi connectivity index (χ1) is 15.6. The van der Waals surface area contributed by atoms with Crippen LogP contribution in [0, 0.1) is 5.82 Å². The third kappa shape index (κ3) is 3.92. The van der Waals surface area contributed by atoms with Crippen LogP contribution in [0.5, 0.6) is 23.0 Å². The number of nitrogens with two attached hydrogens (primary N) is 1. The lowest BCUT2D eigenvalue weighted by atomic mass is 10.0. The zero-order valence-electron chi connectivity index (χ0n) is 18.0. The first kappa shape index (κ1) is 21.5. The van der Waals surface area contributed by atoms with Gasteiger partial charge in [0.2, 0.25) is 5.75 Å². The lowest BCUT2D eigenvalue weighted by Crippen LogP contribution is -2.10. The zero-order valence-corrected chi connectivity index (χ0v) is 18.0. The van der Waals surface area contributed by atoms with E-state index in [1.54, 1.807) is 56.8 Å². The monoisotopic (exact) mass is 438 g/mol. The highest BCUT2D eigenvalue weighted by Gasteiger charge is 2.19. The number of methoxy groups -OCH3 is 3. The quantitative estimate of drug-likeness (QED) is 0.428. The lowest BCUT2D eigenvalue weighted by Gasteiger charge is -2.13. The fourth-order valence-corrected chi connectivity index (χ4v) is 3.49. The summed E-state index contributed by atoms with van der Waals surface area (Å²) in [6, 6.07) is 11.6. The van der Waals surface area contributed by atoms with Crippen LogP contribution in [0.15, 0.2) is 53.1 Å². The number of pyridine rings is 1. The first-order valence-corrected chi connectivity index (χ1v) is 9.91. The Morgan fingerprint density at radius 1 is 0.938 bits per heavy atom. The second kappa shape index (κ2) is 9.15. The molecule has 7 nitrogen and oxygen atoms in total. The van der Waals surface area contributed by atoms with Crippen LogP contribution in [-0.4, -0.2) is 39.5 Å². The molecule has 32 heavy (non-hydrogen) atoms. The molecule has 0 atom stereocenters. The highest BCUT2D eigenvalue weighted by molar-refractivity contribution is 5.93. The maximum atomic E-state index is 14.7. The third-order valence-electron chi connectivity index (χ3n) is 4.98. The van der Waals surface area contributed by atoms with Crippen molar-refractivity contribution in [1.29, 1.82) is 0 Å². The standard InChI is InChI=1S/C24H23FN2O5/c1-28-21-10-14(11-22(29-2)24(21)30-3)20-13-19-23(32-20)16(6-8-27-19)17-12-15(31-9-7-26)4-5-18(17)25/h4-6,8,10-13H,7,9,26H2,1-3H3. The first-order valence-electron chi connectivity index (χ1n) is 9.91. The molecule has 4 aromatic rings. The van der Waals surface area contributed by atoms with Crippen LogP contribution in [0.3, 0.4) is 0 Å². The minimum atomic E-state index is -0.400. The third-order valence-corrected chi connectivity index (χ3v) is 4.98. The van der Waals surface area contributed by atoms with E-state index in [0.29, 0.717) is 69.7 Å². The SMILES string of the molecule is COc1cc(-c2cc3nccc(-c4cc(OCCN)ccc4F)c3o2)cc(OC)c1OC. The van der Waals surface area contributed by atoms with Crippen molar-refractivity contribution in [3.05, 3.63) is 54.5 Å². The lowest BCUT2D eigenvalue weighted by molar-refractivity contribution is 0.324. The Hall–Kier alpha value is -3.78. The molecule has 2 aromatic heterocycles. The molecular weight excluding hydrogens is 415 g/mol. The summed E-state index contributed by atoms with van der Waals surface area (Å²) in [5.74, 6) is 2.11. The molecule has 166 valence electrons. The number of furan rings is 1. The largest absolute Gasteiger partial charge is 0.493 e. The molecule has 2 N–H and O–H groups in total. The number of ether oxygens (including phenoxy) is 4. The predicted molar refractivity (Wildman–Crippen MR) is 119 cm³/mol. The van der Waals surface area contributed by atoms with Gasteiger partial charge in [-0.25, -0.2) is 4.39 Å². The molecule has 0 aliphatic rings. The summed E-state index contributed by atoms with van der Waals surface area (Å²) in [4.78, 5) is 4.38. The average molecular weight is 438 g/mol. The fraction of sp³-hybridized carbons (Fsp3) is 0.208. The van der Waals surface area contributed by atoms with Gasteiger partial charge in [0.15, 0.2) is 17.1 Å². The molecular formula is C24H23FN2O5. The van der Waals surface area contributed by atoms with Gasteiger partial charge in [-0.15, -0.1) is 0 Å². The molecule has 0 fully saturated rings. The Labute approximate surface area is 184 Å². The van der Waals surface area contributed by atoms with Crippen molar-refractivity contribution in [2.75, 3.05) is 34.5 Å². The Balaban J connectivity index is 1.84. The van der Waals surface area contributed by atoms with Crippen LogP contribution < -0.4 is 24.7 Å². The number of rotatable bonds is 8. The molecule has 0 aliphatic carbocycles. The van der Waals surface area contributed by atoms with Gasteiger partial charge in [-0.1, -0.05) is 0 Å². The number of aromatic nitrogens is 1. The second-order valence-electron chi connectivity index (χ2n) is 6.88. The smallest absolute Gasteiger partial charge is 0.203 e. The van der Waals surface area contributed by atoms with E-state index in [1.807, 2.05) is 0 Å². The minimum Gasteiger partial charge on any atom is -0.493 e. The van der Waals surface area contributed by atoms with Gasteiger partial charge in [0, 0.05) is 35.5 Å². The van der Waals surface area contributed by atoms with Crippen LogP contribution in [0.25, 0.3) is 33.6 Å². The van der Waals surface area contributed by atoms with Crippen molar-refractivity contribution in [3.8, 4) is 45.4 Å². The van der Waals surface area contributed by atoms with E-state index < -0.39 is 5.82 Å². The van der Waals surface area contributed by atoms with Gasteiger partial charge in [-0.2, -0.15) is 0 Å². The molecule has 0 amide bonds. The van der Waals surface area contributed by atoms with Crippen LogP contribution in [-0.2, 0) is 0 Å². The summed E-state index contributed by atoms with van der Waals surface area (Å²) >= 11 is 0. The predicted octanol–water partition coefficient (Wildman–Crippen LogP) is 4.66. The molecule has 2 aromatic carbocycles. The maximum absolute atomic E-state index is 14.7. The molecule has 0 saturated carbocycles. The van der Waals surface area contributed by atoms with Gasteiger partial charge >= 0.3 is 0 Å². The normalized spacial score (nSPS) is 10.9. The zero-order chi connectivity index (χ0) is 22.7. The van der Waals surface area contributed by atoms with Gasteiger partial charge in [0.1, 0.15) is 29.5 Å². The van der Waals surface area contributed by atoms with Crippen molar-refractivity contribution in [3.63, 3.8) is 0 Å². The summed E-state index contributed by atoms with van der Waals surface area (Å²) in [6.45, 7) is 0.700. The molecule has 0 saturated heterocycles. The van der Waals surface area contributed by atoms with Crippen LogP contribution in [0.1, 0.15) is 0 Å². The van der Waals surface area contributed by atoms with E-state index in [4.69, 9.17) is 29.1 Å². The van der Waals surface area contributed by atoms with E-state index in [9.17, 15) is 4.39 Å². The van der Waals surface area contributed by atoms with E-state index in [-0.39, 0.29) is 0 Å². The van der Waals surface area contributed by atoms with Gasteiger partial charge in [0.05, 0.1) is 21.3 Å². The Bertz CT molecular complexity index is 1230. The molecule has 0 unspecified atom stereocenters. The van der Waals surface area contributed by atoms with Crippen molar-refractivity contribution < 1.29 is 27.8 Å². The van der Waals surface area contributed by atoms with Crippen LogP contribution in [0.4, 0.5) is 4.39 Å². The fourth-order valence-electron chi connectivity index (χ4n) is 3.49. The van der Waals surface area contributed by atoms with Crippen LogP contribution >= 0.6 is 0 Å². The summed E-state index contributed by atoms with van der Waals surface area (Å²) < 4.78 is 42.7. The highest BCUT2D eigenvalue weighted by atomic mass is 19.1. The van der Waals surface area contributed by atoms with Crippen molar-refractivity contribution in [2.24, 2.45) is 5.73 Å². The molecule has 0 bridgehead atoms. The van der Waals surface area contributed by atoms with E-state index >= 15 is 0 Å². The number of benzene rings is 2. The number of hydrogen-bond acceptors (Lipinski definition) is 7. The summed E-state index contributed by atoms with van der Waals surface area (Å²) in [7, 11) is 4.63. The topological polar surface area (TPSA) is 89.0 Å². The molecule has 0 spiro atoms. The second-order valence-corrected chi connectivity index (χ2v) is 6.88. The van der Waals surface area contributed by atoms with Crippen molar-refractivity contribution >= 4 is 11.1 Å². The van der Waals surface area contributed by atoms with E-state index in [0.717, 1.165) is 0 Å². The number of nitrogens with zero attached hydrogens (tertiary/aromatic N) is 1.